The Morgan fingerprint density at radius 1 is 1.11 bits per heavy atom. The predicted octanol–water partition coefficient (Wildman–Crippen LogP) is 4.36. The molecule has 0 atom stereocenters. The van der Waals surface area contributed by atoms with E-state index >= 15 is 0 Å². The molecule has 2 N–H and O–H groups in total. The molecular formula is C15H12BrNO2. The Balaban J connectivity index is 1.81. The summed E-state index contributed by atoms with van der Waals surface area (Å²) in [6.45, 7) is 0.456. The molecular weight excluding hydrogens is 306 g/mol. The summed E-state index contributed by atoms with van der Waals surface area (Å²) < 4.78 is 12.2. The van der Waals surface area contributed by atoms with Crippen LogP contribution >= 0.6 is 15.9 Å². The van der Waals surface area contributed by atoms with E-state index < -0.39 is 0 Å². The van der Waals surface area contributed by atoms with Crippen molar-refractivity contribution in [3.05, 3.63) is 58.8 Å². The second-order valence-corrected chi connectivity index (χ2v) is 5.17. The number of rotatable bonds is 3. The van der Waals surface area contributed by atoms with Crippen LogP contribution in [0.4, 0.5) is 5.69 Å². The Morgan fingerprint density at radius 2 is 1.89 bits per heavy atom. The van der Waals surface area contributed by atoms with Gasteiger partial charge in [0.2, 0.25) is 0 Å². The highest BCUT2D eigenvalue weighted by molar-refractivity contribution is 9.10. The average molecular weight is 318 g/mol. The lowest BCUT2D eigenvalue weighted by atomic mass is 10.1. The monoisotopic (exact) mass is 317 g/mol. The Hall–Kier alpha value is -1.94. The summed E-state index contributed by atoms with van der Waals surface area (Å²) in [4.78, 5) is 0. The van der Waals surface area contributed by atoms with Gasteiger partial charge in [-0.05, 0) is 42.5 Å². The zero-order valence-electron chi connectivity index (χ0n) is 10.1. The molecule has 96 valence electrons. The van der Waals surface area contributed by atoms with Crippen molar-refractivity contribution in [3.63, 3.8) is 0 Å². The molecule has 3 aromatic rings. The molecule has 2 aromatic carbocycles. The number of hydrogen-bond acceptors (Lipinski definition) is 3. The second-order valence-electron chi connectivity index (χ2n) is 4.26. The minimum Gasteiger partial charge on any atom is -0.489 e. The topological polar surface area (TPSA) is 48.4 Å². The number of nitrogens with two attached hydrogens (primary N) is 1. The Kier molecular flexibility index (Phi) is 3.17. The van der Waals surface area contributed by atoms with Crippen molar-refractivity contribution < 1.29 is 9.15 Å². The fourth-order valence-corrected chi connectivity index (χ4v) is 2.17. The molecule has 0 radical (unpaired) electrons. The molecule has 0 saturated heterocycles. The van der Waals surface area contributed by atoms with E-state index in [2.05, 4.69) is 15.9 Å². The summed E-state index contributed by atoms with van der Waals surface area (Å²) in [6.07, 6.45) is 1.71. The van der Waals surface area contributed by atoms with Crippen LogP contribution in [0.2, 0.25) is 0 Å². The molecule has 0 aliphatic rings. The van der Waals surface area contributed by atoms with Gasteiger partial charge in [0.15, 0.2) is 0 Å². The minimum absolute atomic E-state index is 0.456. The molecule has 0 fully saturated rings. The van der Waals surface area contributed by atoms with Gasteiger partial charge in [-0.2, -0.15) is 0 Å². The van der Waals surface area contributed by atoms with E-state index in [9.17, 15) is 0 Å². The Bertz CT molecular complexity index is 704. The quantitative estimate of drug-likeness (QED) is 0.730. The van der Waals surface area contributed by atoms with Gasteiger partial charge < -0.3 is 14.9 Å². The van der Waals surface area contributed by atoms with Gasteiger partial charge in [0.25, 0.3) is 0 Å². The molecule has 0 amide bonds. The zero-order valence-corrected chi connectivity index (χ0v) is 11.7. The van der Waals surface area contributed by atoms with Crippen molar-refractivity contribution in [2.75, 3.05) is 5.73 Å². The Morgan fingerprint density at radius 3 is 2.68 bits per heavy atom. The molecule has 0 spiro atoms. The van der Waals surface area contributed by atoms with Crippen LogP contribution in [-0.4, -0.2) is 0 Å². The van der Waals surface area contributed by atoms with Crippen molar-refractivity contribution in [1.29, 1.82) is 0 Å². The molecule has 0 unspecified atom stereocenters. The van der Waals surface area contributed by atoms with Gasteiger partial charge in [-0.1, -0.05) is 15.9 Å². The van der Waals surface area contributed by atoms with Crippen LogP contribution in [-0.2, 0) is 6.61 Å². The minimum atomic E-state index is 0.456. The maximum absolute atomic E-state index is 5.79. The number of ether oxygens (including phenoxy) is 1. The van der Waals surface area contributed by atoms with Crippen LogP contribution in [0, 0.1) is 0 Å². The van der Waals surface area contributed by atoms with E-state index in [0.717, 1.165) is 32.4 Å². The molecule has 4 heteroatoms. The normalized spacial score (nSPS) is 10.8. The number of nitrogen functional groups attached to an aromatic ring is 1. The van der Waals surface area contributed by atoms with Crippen LogP contribution in [0.1, 0.15) is 5.56 Å². The maximum atomic E-state index is 5.79. The SMILES string of the molecule is Nc1ccc2occ(COc3ccc(Br)cc3)c2c1. The summed E-state index contributed by atoms with van der Waals surface area (Å²) >= 11 is 3.39. The summed E-state index contributed by atoms with van der Waals surface area (Å²) in [6, 6.07) is 13.3. The van der Waals surface area contributed by atoms with Crippen molar-refractivity contribution in [2.45, 2.75) is 6.61 Å². The molecule has 0 bridgehead atoms. The maximum Gasteiger partial charge on any atom is 0.134 e. The molecule has 0 saturated carbocycles. The fraction of sp³-hybridized carbons (Fsp3) is 0.0667. The number of anilines is 1. The van der Waals surface area contributed by atoms with Gasteiger partial charge in [0.05, 0.1) is 6.26 Å². The van der Waals surface area contributed by atoms with E-state index in [4.69, 9.17) is 14.9 Å². The molecule has 0 aliphatic carbocycles. The molecule has 0 aliphatic heterocycles. The van der Waals surface area contributed by atoms with Gasteiger partial charge in [-0.3, -0.25) is 0 Å². The standard InChI is InChI=1S/C15H12BrNO2/c16-11-1-4-13(5-2-11)18-8-10-9-19-15-6-3-12(17)7-14(10)15/h1-7,9H,8,17H2. The van der Waals surface area contributed by atoms with Crippen molar-refractivity contribution in [1.82, 2.24) is 0 Å². The van der Waals surface area contributed by atoms with E-state index in [-0.39, 0.29) is 0 Å². The highest BCUT2D eigenvalue weighted by Gasteiger charge is 2.07. The molecule has 3 nitrogen and oxygen atoms in total. The molecule has 3 rings (SSSR count). The lowest BCUT2D eigenvalue weighted by Gasteiger charge is -2.05. The second kappa shape index (κ2) is 4.97. The van der Waals surface area contributed by atoms with Gasteiger partial charge in [0.1, 0.15) is 17.9 Å². The van der Waals surface area contributed by atoms with Gasteiger partial charge in [-0.15, -0.1) is 0 Å². The first kappa shape index (κ1) is 12.1. The zero-order chi connectivity index (χ0) is 13.2. The van der Waals surface area contributed by atoms with E-state index in [1.807, 2.05) is 42.5 Å². The van der Waals surface area contributed by atoms with E-state index in [1.54, 1.807) is 6.26 Å². The molecule has 1 heterocycles. The van der Waals surface area contributed by atoms with Crippen LogP contribution < -0.4 is 10.5 Å². The number of hydrogen-bond donors (Lipinski definition) is 1. The first-order valence-corrected chi connectivity index (χ1v) is 6.65. The molecule has 19 heavy (non-hydrogen) atoms. The fourth-order valence-electron chi connectivity index (χ4n) is 1.90. The lowest BCUT2D eigenvalue weighted by Crippen LogP contribution is -1.94. The van der Waals surface area contributed by atoms with E-state index in [0.29, 0.717) is 6.61 Å². The lowest BCUT2D eigenvalue weighted by molar-refractivity contribution is 0.306. The first-order chi connectivity index (χ1) is 9.22. The van der Waals surface area contributed by atoms with Crippen LogP contribution in [0.25, 0.3) is 11.0 Å². The van der Waals surface area contributed by atoms with Gasteiger partial charge in [0, 0.05) is 21.1 Å². The summed E-state index contributed by atoms with van der Waals surface area (Å²) in [5, 5.41) is 0.997. The summed E-state index contributed by atoms with van der Waals surface area (Å²) in [7, 11) is 0. The molecule has 1 aromatic heterocycles. The first-order valence-electron chi connectivity index (χ1n) is 5.86. The number of benzene rings is 2. The smallest absolute Gasteiger partial charge is 0.134 e. The number of furan rings is 1. The third kappa shape index (κ3) is 2.58. The van der Waals surface area contributed by atoms with Crippen LogP contribution in [0.5, 0.6) is 5.75 Å². The largest absolute Gasteiger partial charge is 0.489 e. The number of fused-ring (bicyclic) bond motifs is 1. The third-order valence-corrected chi connectivity index (χ3v) is 3.41. The van der Waals surface area contributed by atoms with Gasteiger partial charge in [-0.25, -0.2) is 0 Å². The summed E-state index contributed by atoms with van der Waals surface area (Å²) in [5.74, 6) is 0.821. The van der Waals surface area contributed by atoms with Crippen LogP contribution in [0.15, 0.2) is 57.6 Å². The van der Waals surface area contributed by atoms with Crippen molar-refractivity contribution >= 4 is 32.6 Å². The number of halogens is 1. The van der Waals surface area contributed by atoms with E-state index in [1.165, 1.54) is 0 Å². The summed E-state index contributed by atoms with van der Waals surface area (Å²) in [5.41, 5.74) is 8.32. The highest BCUT2D eigenvalue weighted by atomic mass is 79.9. The van der Waals surface area contributed by atoms with Crippen LogP contribution in [0.3, 0.4) is 0 Å². The average Bonchev–Trinajstić information content (AvgIpc) is 2.80. The van der Waals surface area contributed by atoms with Gasteiger partial charge >= 0.3 is 0 Å². The highest BCUT2D eigenvalue weighted by Crippen LogP contribution is 2.25. The predicted molar refractivity (Wildman–Crippen MR) is 79.1 cm³/mol. The van der Waals surface area contributed by atoms with Crippen molar-refractivity contribution in [3.8, 4) is 5.75 Å². The van der Waals surface area contributed by atoms with Crippen molar-refractivity contribution in [2.24, 2.45) is 0 Å². The third-order valence-electron chi connectivity index (χ3n) is 2.89. The Labute approximate surface area is 119 Å².